The van der Waals surface area contributed by atoms with Crippen molar-refractivity contribution in [3.05, 3.63) is 29.8 Å². The molecule has 1 aromatic carbocycles. The molecule has 0 bridgehead atoms. The van der Waals surface area contributed by atoms with Gasteiger partial charge in [0.15, 0.2) is 0 Å². The second-order valence-corrected chi connectivity index (χ2v) is 9.33. The average Bonchev–Trinajstić information content (AvgIpc) is 3.31. The topological polar surface area (TPSA) is 92.5 Å². The Bertz CT molecular complexity index is 735. The number of nitrogens with two attached hydrogens (primary N) is 1. The first-order chi connectivity index (χ1) is 11.8. The van der Waals surface area contributed by atoms with Crippen molar-refractivity contribution in [1.82, 2.24) is 9.62 Å². The molecule has 0 radical (unpaired) electrons. The van der Waals surface area contributed by atoms with E-state index < -0.39 is 10.0 Å². The first kappa shape index (κ1) is 21.2. The summed E-state index contributed by atoms with van der Waals surface area (Å²) in [6.07, 6.45) is 3.84. The summed E-state index contributed by atoms with van der Waals surface area (Å²) in [5.41, 5.74) is 6.80. The van der Waals surface area contributed by atoms with E-state index in [1.807, 2.05) is 4.90 Å². The average molecular weight is 402 g/mol. The molecule has 3 N–H and O–H groups in total. The van der Waals surface area contributed by atoms with Gasteiger partial charge in [0, 0.05) is 25.6 Å². The summed E-state index contributed by atoms with van der Waals surface area (Å²) in [4.78, 5) is 14.5. The fraction of sp³-hybridized carbons (Fsp3) is 0.611. The SMILES string of the molecule is CC1(CN)CCN(C(=O)CCc2ccc(S(=O)(=O)NC3CC3)cc2)C1.Cl. The Balaban J connectivity index is 0.00000243. The van der Waals surface area contributed by atoms with Crippen LogP contribution in [0.1, 0.15) is 38.2 Å². The van der Waals surface area contributed by atoms with E-state index in [4.69, 9.17) is 5.73 Å². The summed E-state index contributed by atoms with van der Waals surface area (Å²) in [6, 6.07) is 6.92. The first-order valence-corrected chi connectivity index (χ1v) is 10.4. The number of likely N-dealkylation sites (tertiary alicyclic amines) is 1. The molecule has 6 nitrogen and oxygen atoms in total. The van der Waals surface area contributed by atoms with Crippen LogP contribution in [0.15, 0.2) is 29.2 Å². The van der Waals surface area contributed by atoms with Crippen molar-refractivity contribution in [3.8, 4) is 0 Å². The Morgan fingerprint density at radius 2 is 1.96 bits per heavy atom. The van der Waals surface area contributed by atoms with Crippen LogP contribution in [0, 0.1) is 5.41 Å². The molecule has 1 saturated carbocycles. The van der Waals surface area contributed by atoms with E-state index in [2.05, 4.69) is 11.6 Å². The van der Waals surface area contributed by atoms with Gasteiger partial charge in [0.1, 0.15) is 0 Å². The normalized spacial score (nSPS) is 22.9. The van der Waals surface area contributed by atoms with E-state index in [1.54, 1.807) is 24.3 Å². The molecular weight excluding hydrogens is 374 g/mol. The number of carbonyl (C=O) groups is 1. The highest BCUT2D eigenvalue weighted by atomic mass is 35.5. The van der Waals surface area contributed by atoms with Gasteiger partial charge in [-0.15, -0.1) is 12.4 Å². The third kappa shape index (κ3) is 5.19. The third-order valence-electron chi connectivity index (χ3n) is 5.16. The maximum absolute atomic E-state index is 12.4. The number of amides is 1. The molecule has 1 amide bonds. The van der Waals surface area contributed by atoms with Gasteiger partial charge in [-0.05, 0) is 55.3 Å². The van der Waals surface area contributed by atoms with E-state index >= 15 is 0 Å². The van der Waals surface area contributed by atoms with Crippen molar-refractivity contribution in [2.75, 3.05) is 19.6 Å². The van der Waals surface area contributed by atoms with Crippen LogP contribution in [0.3, 0.4) is 0 Å². The summed E-state index contributed by atoms with van der Waals surface area (Å²) < 4.78 is 27.0. The molecule has 2 fully saturated rings. The zero-order valence-electron chi connectivity index (χ0n) is 15.1. The zero-order valence-corrected chi connectivity index (χ0v) is 16.7. The molecular formula is C18H28ClN3O3S. The summed E-state index contributed by atoms with van der Waals surface area (Å²) in [5.74, 6) is 0.143. The first-order valence-electron chi connectivity index (χ1n) is 8.90. The second-order valence-electron chi connectivity index (χ2n) is 7.62. The zero-order chi connectivity index (χ0) is 18.1. The number of nitrogens with one attached hydrogen (secondary N) is 1. The van der Waals surface area contributed by atoms with Gasteiger partial charge in [-0.1, -0.05) is 19.1 Å². The molecule has 1 atom stereocenters. The highest BCUT2D eigenvalue weighted by Gasteiger charge is 2.34. The van der Waals surface area contributed by atoms with Gasteiger partial charge in [-0.25, -0.2) is 13.1 Å². The molecule has 1 aliphatic heterocycles. The summed E-state index contributed by atoms with van der Waals surface area (Å²) in [6.45, 7) is 4.22. The van der Waals surface area contributed by atoms with Crippen molar-refractivity contribution in [3.63, 3.8) is 0 Å². The molecule has 0 aromatic heterocycles. The fourth-order valence-corrected chi connectivity index (χ4v) is 4.44. The molecule has 2 aliphatic rings. The molecule has 1 heterocycles. The van der Waals surface area contributed by atoms with Crippen LogP contribution in [-0.2, 0) is 21.2 Å². The van der Waals surface area contributed by atoms with Gasteiger partial charge in [0.2, 0.25) is 15.9 Å². The summed E-state index contributed by atoms with van der Waals surface area (Å²) in [7, 11) is -3.41. The number of hydrogen-bond donors (Lipinski definition) is 2. The number of halogens is 1. The molecule has 1 unspecified atom stereocenters. The second kappa shape index (κ2) is 8.25. The third-order valence-corrected chi connectivity index (χ3v) is 6.70. The van der Waals surface area contributed by atoms with Gasteiger partial charge in [0.05, 0.1) is 4.90 Å². The van der Waals surface area contributed by atoms with Crippen LogP contribution in [-0.4, -0.2) is 44.9 Å². The van der Waals surface area contributed by atoms with Crippen molar-refractivity contribution in [2.45, 2.75) is 50.0 Å². The number of hydrogen-bond acceptors (Lipinski definition) is 4. The van der Waals surface area contributed by atoms with Crippen molar-refractivity contribution >= 4 is 28.3 Å². The van der Waals surface area contributed by atoms with Gasteiger partial charge >= 0.3 is 0 Å². The number of aryl methyl sites for hydroxylation is 1. The summed E-state index contributed by atoms with van der Waals surface area (Å²) in [5, 5.41) is 0. The van der Waals surface area contributed by atoms with Crippen LogP contribution >= 0.6 is 12.4 Å². The van der Waals surface area contributed by atoms with Crippen LogP contribution in [0.4, 0.5) is 0 Å². The standard InChI is InChI=1S/C18H27N3O3S.ClH/c1-18(12-19)10-11-21(13-18)17(22)9-4-14-2-7-16(8-3-14)25(23,24)20-15-5-6-15;/h2-3,7-8,15,20H,4-6,9-13,19H2,1H3;1H. The molecule has 1 aliphatic carbocycles. The van der Waals surface area contributed by atoms with Crippen molar-refractivity contribution in [1.29, 1.82) is 0 Å². The minimum atomic E-state index is -3.41. The van der Waals surface area contributed by atoms with Gasteiger partial charge in [-0.3, -0.25) is 4.79 Å². The Kier molecular flexibility index (Phi) is 6.71. The lowest BCUT2D eigenvalue weighted by atomic mass is 9.90. The van der Waals surface area contributed by atoms with Gasteiger partial charge in [-0.2, -0.15) is 0 Å². The summed E-state index contributed by atoms with van der Waals surface area (Å²) >= 11 is 0. The Labute approximate surface area is 162 Å². The Morgan fingerprint density at radius 1 is 1.31 bits per heavy atom. The lowest BCUT2D eigenvalue weighted by molar-refractivity contribution is -0.130. The highest BCUT2D eigenvalue weighted by molar-refractivity contribution is 7.89. The van der Waals surface area contributed by atoms with E-state index in [1.165, 1.54) is 0 Å². The maximum atomic E-state index is 12.4. The fourth-order valence-electron chi connectivity index (χ4n) is 3.14. The Morgan fingerprint density at radius 3 is 2.50 bits per heavy atom. The smallest absolute Gasteiger partial charge is 0.240 e. The molecule has 26 heavy (non-hydrogen) atoms. The lowest BCUT2D eigenvalue weighted by Gasteiger charge is -2.22. The number of nitrogens with zero attached hydrogens (tertiary/aromatic N) is 1. The maximum Gasteiger partial charge on any atom is 0.240 e. The van der Waals surface area contributed by atoms with Crippen LogP contribution in [0.5, 0.6) is 0 Å². The van der Waals surface area contributed by atoms with Crippen molar-refractivity contribution < 1.29 is 13.2 Å². The highest BCUT2D eigenvalue weighted by Crippen LogP contribution is 2.29. The van der Waals surface area contributed by atoms with Crippen molar-refractivity contribution in [2.24, 2.45) is 11.1 Å². The minimum Gasteiger partial charge on any atom is -0.342 e. The number of carbonyl (C=O) groups excluding carboxylic acids is 1. The Hall–Kier alpha value is -1.15. The quantitative estimate of drug-likeness (QED) is 0.726. The van der Waals surface area contributed by atoms with E-state index in [0.717, 1.165) is 37.9 Å². The van der Waals surface area contributed by atoms with Crippen LogP contribution in [0.2, 0.25) is 0 Å². The molecule has 1 saturated heterocycles. The molecule has 1 aromatic rings. The van der Waals surface area contributed by atoms with E-state index in [0.29, 0.717) is 19.4 Å². The number of sulfonamides is 1. The van der Waals surface area contributed by atoms with Crippen LogP contribution in [0.25, 0.3) is 0 Å². The predicted octanol–water partition coefficient (Wildman–Crippen LogP) is 1.68. The van der Waals surface area contributed by atoms with E-state index in [-0.39, 0.29) is 34.7 Å². The molecule has 0 spiro atoms. The molecule has 8 heteroatoms. The predicted molar refractivity (Wildman–Crippen MR) is 104 cm³/mol. The van der Waals surface area contributed by atoms with Crippen LogP contribution < -0.4 is 10.5 Å². The lowest BCUT2D eigenvalue weighted by Crippen LogP contribution is -2.34. The van der Waals surface area contributed by atoms with Gasteiger partial charge < -0.3 is 10.6 Å². The number of benzene rings is 1. The van der Waals surface area contributed by atoms with Gasteiger partial charge in [0.25, 0.3) is 0 Å². The van der Waals surface area contributed by atoms with E-state index in [9.17, 15) is 13.2 Å². The monoisotopic (exact) mass is 401 g/mol. The molecule has 146 valence electrons. The number of rotatable bonds is 7. The molecule has 3 rings (SSSR count). The largest absolute Gasteiger partial charge is 0.342 e. The minimum absolute atomic E-state index is 0.